The number of carboxylic acid groups (broad SMARTS) is 3. The van der Waals surface area contributed by atoms with Crippen LogP contribution in [0.3, 0.4) is 0 Å². The quantitative estimate of drug-likeness (QED) is 0.0407. The molecule has 0 bridgehead atoms. The molecule has 7 nitrogen and oxygen atoms in total. The van der Waals surface area contributed by atoms with E-state index in [1.54, 1.807) is 0 Å². The van der Waals surface area contributed by atoms with Gasteiger partial charge in [-0.2, -0.15) is 0 Å². The fourth-order valence-electron chi connectivity index (χ4n) is 7.33. The van der Waals surface area contributed by atoms with E-state index in [1.807, 2.05) is 20.8 Å². The van der Waals surface area contributed by atoms with Crippen LogP contribution in [0.2, 0.25) is 0 Å². The second-order valence-corrected chi connectivity index (χ2v) is 13.7. The Morgan fingerprint density at radius 1 is 0.500 bits per heavy atom. The lowest BCUT2D eigenvalue weighted by Gasteiger charge is -2.52. The average molecular weight is 652 g/mol. The van der Waals surface area contributed by atoms with Crippen molar-refractivity contribution in [2.24, 2.45) is 0 Å². The number of quaternary nitrogens is 1. The van der Waals surface area contributed by atoms with Gasteiger partial charge in [0.25, 0.3) is 0 Å². The lowest BCUT2D eigenvalue weighted by atomic mass is 9.91. The number of nitrogens with zero attached hydrogens (tertiary/aromatic N) is 1. The standard InChI is InChI=1S/C39H73NO6/c1-5-9-10-11-12-13-14-15-16-17-18-19-20-21-22-23-24-25-26-27-28-29-33-40(34(30-6-2)37(41)42,35(31-7-3)38(43)44)36(32-8-4)39(45)46/h24-25,34-36H,5-23,26-33H2,1-4H3,(H2-,41,42,43,44,45,46)/b25-24+. The summed E-state index contributed by atoms with van der Waals surface area (Å²) in [4.78, 5) is 37.7. The summed E-state index contributed by atoms with van der Waals surface area (Å²) >= 11 is 0. The molecule has 0 aliphatic carbocycles. The number of carboxylic acids is 3. The molecule has 0 aromatic rings. The van der Waals surface area contributed by atoms with Gasteiger partial charge in [-0.15, -0.1) is 0 Å². The van der Waals surface area contributed by atoms with Gasteiger partial charge in [-0.05, 0) is 51.4 Å². The van der Waals surface area contributed by atoms with Crippen molar-refractivity contribution in [1.29, 1.82) is 0 Å². The van der Waals surface area contributed by atoms with Crippen molar-refractivity contribution in [2.45, 2.75) is 213 Å². The Hall–Kier alpha value is -1.89. The first kappa shape index (κ1) is 44.1. The Morgan fingerprint density at radius 3 is 1.15 bits per heavy atom. The van der Waals surface area contributed by atoms with E-state index in [0.29, 0.717) is 25.7 Å². The van der Waals surface area contributed by atoms with E-state index in [9.17, 15) is 29.7 Å². The molecule has 0 aromatic heterocycles. The third-order valence-corrected chi connectivity index (χ3v) is 9.83. The normalized spacial score (nSPS) is 15.0. The van der Waals surface area contributed by atoms with Crippen molar-refractivity contribution in [2.75, 3.05) is 6.54 Å². The van der Waals surface area contributed by atoms with Crippen LogP contribution in [0.1, 0.15) is 195 Å². The van der Waals surface area contributed by atoms with E-state index >= 15 is 0 Å². The van der Waals surface area contributed by atoms with Crippen molar-refractivity contribution in [1.82, 2.24) is 0 Å². The van der Waals surface area contributed by atoms with Crippen LogP contribution in [0, 0.1) is 0 Å². The summed E-state index contributed by atoms with van der Waals surface area (Å²) < 4.78 is -0.447. The molecule has 0 spiro atoms. The molecule has 0 rings (SSSR count). The Kier molecular flexibility index (Phi) is 28.1. The molecule has 2 N–H and O–H groups in total. The minimum Gasteiger partial charge on any atom is -0.544 e. The molecule has 3 atom stereocenters. The van der Waals surface area contributed by atoms with Crippen molar-refractivity contribution < 1.29 is 34.2 Å². The summed E-state index contributed by atoms with van der Waals surface area (Å²) in [7, 11) is 0. The molecule has 0 saturated carbocycles. The largest absolute Gasteiger partial charge is 0.544 e. The smallest absolute Gasteiger partial charge is 0.362 e. The minimum absolute atomic E-state index is 0.200. The Morgan fingerprint density at radius 2 is 0.826 bits per heavy atom. The molecular formula is C39H73NO6. The van der Waals surface area contributed by atoms with E-state index < -0.39 is 40.5 Å². The molecule has 0 aromatic carbocycles. The van der Waals surface area contributed by atoms with Crippen molar-refractivity contribution >= 4 is 17.9 Å². The van der Waals surface area contributed by atoms with Crippen LogP contribution >= 0.6 is 0 Å². The summed E-state index contributed by atoms with van der Waals surface area (Å²) in [6.07, 6.45) is 31.6. The van der Waals surface area contributed by atoms with Crippen LogP contribution in [-0.2, 0) is 14.4 Å². The van der Waals surface area contributed by atoms with Gasteiger partial charge in [-0.1, -0.05) is 136 Å². The topological polar surface area (TPSA) is 115 Å². The third-order valence-electron chi connectivity index (χ3n) is 9.83. The van der Waals surface area contributed by atoms with E-state index in [2.05, 4.69) is 19.1 Å². The summed E-state index contributed by atoms with van der Waals surface area (Å²) in [5.41, 5.74) is 0. The highest BCUT2D eigenvalue weighted by atomic mass is 16.4. The predicted molar refractivity (Wildman–Crippen MR) is 189 cm³/mol. The fraction of sp³-hybridized carbons (Fsp3) is 0.872. The van der Waals surface area contributed by atoms with E-state index in [-0.39, 0.29) is 25.8 Å². The lowest BCUT2D eigenvalue weighted by molar-refractivity contribution is -0.975. The average Bonchev–Trinajstić information content (AvgIpc) is 3.02. The van der Waals surface area contributed by atoms with Crippen LogP contribution in [0.4, 0.5) is 0 Å². The summed E-state index contributed by atoms with van der Waals surface area (Å²) in [6, 6.07) is -3.36. The van der Waals surface area contributed by atoms with Gasteiger partial charge in [-0.3, -0.25) is 4.48 Å². The number of rotatable bonds is 34. The number of aliphatic carboxylic acids is 3. The van der Waals surface area contributed by atoms with Gasteiger partial charge < -0.3 is 20.1 Å². The lowest BCUT2D eigenvalue weighted by Crippen LogP contribution is -2.74. The molecule has 46 heavy (non-hydrogen) atoms. The monoisotopic (exact) mass is 652 g/mol. The van der Waals surface area contributed by atoms with E-state index in [1.165, 1.54) is 96.3 Å². The van der Waals surface area contributed by atoms with Gasteiger partial charge in [0, 0.05) is 19.3 Å². The number of carbonyl (C=O) groups is 3. The second-order valence-electron chi connectivity index (χ2n) is 13.7. The van der Waals surface area contributed by atoms with Gasteiger partial charge in [0.15, 0.2) is 12.1 Å². The zero-order valence-corrected chi connectivity index (χ0v) is 30.5. The van der Waals surface area contributed by atoms with Crippen molar-refractivity contribution in [3.63, 3.8) is 0 Å². The SMILES string of the molecule is CCCCCCCCCCCCCCCCC/C=C/CCCCC[N+](C(CCC)C(=O)[O-])(C(CCC)C(=O)O)C(CCC)C(=O)O. The van der Waals surface area contributed by atoms with Gasteiger partial charge in [0.05, 0.1) is 12.5 Å². The van der Waals surface area contributed by atoms with Crippen LogP contribution < -0.4 is 5.11 Å². The van der Waals surface area contributed by atoms with Crippen LogP contribution in [-0.4, -0.2) is 57.3 Å². The summed E-state index contributed by atoms with van der Waals surface area (Å²) in [6.45, 7) is 8.06. The number of allylic oxidation sites excluding steroid dienone is 2. The number of carbonyl (C=O) groups excluding carboxylic acids is 1. The number of hydrogen-bond acceptors (Lipinski definition) is 4. The van der Waals surface area contributed by atoms with Crippen LogP contribution in [0.15, 0.2) is 12.2 Å². The minimum atomic E-state index is -1.34. The molecule has 0 amide bonds. The molecule has 0 aliphatic heterocycles. The first-order valence-electron chi connectivity index (χ1n) is 19.4. The highest BCUT2D eigenvalue weighted by Gasteiger charge is 2.54. The highest BCUT2D eigenvalue weighted by molar-refractivity contribution is 5.77. The molecule has 0 saturated heterocycles. The Bertz CT molecular complexity index is 738. The fourth-order valence-corrected chi connectivity index (χ4v) is 7.33. The molecule has 0 heterocycles. The van der Waals surface area contributed by atoms with Crippen LogP contribution in [0.5, 0.6) is 0 Å². The first-order valence-corrected chi connectivity index (χ1v) is 19.4. The summed E-state index contributed by atoms with van der Waals surface area (Å²) in [5, 5.41) is 33.1. The maximum atomic E-state index is 12.6. The van der Waals surface area contributed by atoms with Gasteiger partial charge in [0.2, 0.25) is 0 Å². The van der Waals surface area contributed by atoms with E-state index in [4.69, 9.17) is 0 Å². The van der Waals surface area contributed by atoms with Gasteiger partial charge in [-0.25, -0.2) is 9.59 Å². The predicted octanol–water partition coefficient (Wildman–Crippen LogP) is 9.61. The molecule has 7 heteroatoms. The highest BCUT2D eigenvalue weighted by Crippen LogP contribution is 2.34. The maximum Gasteiger partial charge on any atom is 0.362 e. The zero-order valence-electron chi connectivity index (χ0n) is 30.5. The number of hydrogen-bond donors (Lipinski definition) is 2. The molecule has 0 radical (unpaired) electrons. The Labute approximate surface area is 283 Å². The Balaban J connectivity index is 4.64. The summed E-state index contributed by atoms with van der Waals surface area (Å²) in [5.74, 6) is -3.57. The van der Waals surface area contributed by atoms with Crippen molar-refractivity contribution in [3.05, 3.63) is 12.2 Å². The second kappa shape index (κ2) is 29.3. The van der Waals surface area contributed by atoms with E-state index in [0.717, 1.165) is 25.7 Å². The first-order chi connectivity index (χ1) is 22.2. The number of unbranched alkanes of at least 4 members (excludes halogenated alkanes) is 18. The molecule has 270 valence electrons. The third kappa shape index (κ3) is 18.4. The molecular weight excluding hydrogens is 578 g/mol. The molecule has 0 fully saturated rings. The zero-order chi connectivity index (χ0) is 34.5. The molecule has 0 aliphatic rings. The maximum absolute atomic E-state index is 12.6. The van der Waals surface area contributed by atoms with Crippen LogP contribution in [0.25, 0.3) is 0 Å². The van der Waals surface area contributed by atoms with Gasteiger partial charge >= 0.3 is 11.9 Å². The van der Waals surface area contributed by atoms with Crippen molar-refractivity contribution in [3.8, 4) is 0 Å². The molecule has 3 unspecified atom stereocenters. The van der Waals surface area contributed by atoms with Gasteiger partial charge in [0.1, 0.15) is 6.04 Å².